The molecule has 0 amide bonds. The van der Waals surface area contributed by atoms with Gasteiger partial charge in [0.1, 0.15) is 25.1 Å². The van der Waals surface area contributed by atoms with Gasteiger partial charge in [-0.2, -0.15) is 0 Å². The number of hydrogen-bond donors (Lipinski definition) is 0. The predicted octanol–water partition coefficient (Wildman–Crippen LogP) is 3.83. The summed E-state index contributed by atoms with van der Waals surface area (Å²) in [6.07, 6.45) is -0.443. The highest BCUT2D eigenvalue weighted by Crippen LogP contribution is 2.46. The smallest absolute Gasteiger partial charge is 0.333 e. The molecular weight excluding hydrogens is 634 g/mol. The minimum Gasteiger partial charge on any atom is -0.374 e. The lowest BCUT2D eigenvalue weighted by atomic mass is 9.79. The lowest BCUT2D eigenvalue weighted by Gasteiger charge is -2.27. The molecule has 3 aromatic carbocycles. The first-order valence-corrected chi connectivity index (χ1v) is 17.3. The number of benzene rings is 3. The van der Waals surface area contributed by atoms with E-state index in [1.54, 1.807) is 30.3 Å². The van der Waals surface area contributed by atoms with Gasteiger partial charge in [0.05, 0.1) is 30.3 Å². The molecular formula is C36H37N3O8S. The van der Waals surface area contributed by atoms with Crippen LogP contribution in [0, 0.1) is 0 Å². The van der Waals surface area contributed by atoms with Crippen LogP contribution in [0.25, 0.3) is 0 Å². The largest absolute Gasteiger partial charge is 0.374 e. The lowest BCUT2D eigenvalue weighted by molar-refractivity contribution is -0.116. The standard InChI is InChI=1S/C36H37N3O8S/c1-25(19-36(2)23-39(29-16-10-9-15-28(29)36)48(42,43)27-13-7-4-8-14-27)21-44-22-30-32-33(46-24-45-32)34(47-30)37-18-17-31(40)38(35(37)41)20-26-11-5-3-6-12-26/h3-18,30,32-34H,1,19-24H2,2H3/t30-,32-,33-,34-,36?/m0/s1. The van der Waals surface area contributed by atoms with E-state index in [2.05, 4.69) is 6.58 Å². The van der Waals surface area contributed by atoms with Crippen LogP contribution in [0.3, 0.4) is 0 Å². The summed E-state index contributed by atoms with van der Waals surface area (Å²) in [6, 6.07) is 26.7. The van der Waals surface area contributed by atoms with Crippen molar-refractivity contribution in [2.75, 3.05) is 30.9 Å². The van der Waals surface area contributed by atoms with Gasteiger partial charge in [0.25, 0.3) is 15.6 Å². The molecule has 0 aliphatic carbocycles. The number of para-hydroxylation sites is 1. The van der Waals surface area contributed by atoms with Crippen LogP contribution in [0.15, 0.2) is 124 Å². The molecule has 0 N–H and O–H groups in total. The number of fused-ring (bicyclic) bond motifs is 2. The van der Waals surface area contributed by atoms with Gasteiger partial charge in [-0.25, -0.2) is 13.2 Å². The fraction of sp³-hybridized carbons (Fsp3) is 0.333. The van der Waals surface area contributed by atoms with Gasteiger partial charge in [0.2, 0.25) is 0 Å². The van der Waals surface area contributed by atoms with E-state index in [-0.39, 0.29) is 38.0 Å². The first kappa shape index (κ1) is 32.2. The molecule has 0 saturated carbocycles. The van der Waals surface area contributed by atoms with Crippen molar-refractivity contribution in [3.63, 3.8) is 0 Å². The average Bonchev–Trinajstić information content (AvgIpc) is 3.78. The maximum atomic E-state index is 13.7. The molecule has 3 aliphatic rings. The molecule has 5 atom stereocenters. The molecule has 2 saturated heterocycles. The molecule has 0 spiro atoms. The van der Waals surface area contributed by atoms with Gasteiger partial charge < -0.3 is 18.9 Å². The summed E-state index contributed by atoms with van der Waals surface area (Å²) in [5.74, 6) is 0. The van der Waals surface area contributed by atoms with Gasteiger partial charge in [0.15, 0.2) is 6.23 Å². The Bertz CT molecular complexity index is 2030. The summed E-state index contributed by atoms with van der Waals surface area (Å²) >= 11 is 0. The highest BCUT2D eigenvalue weighted by atomic mass is 32.2. The van der Waals surface area contributed by atoms with Crippen molar-refractivity contribution in [2.45, 2.75) is 54.7 Å². The molecule has 48 heavy (non-hydrogen) atoms. The second-order valence-electron chi connectivity index (χ2n) is 12.7. The van der Waals surface area contributed by atoms with Crippen molar-refractivity contribution in [2.24, 2.45) is 0 Å². The molecule has 4 heterocycles. The highest BCUT2D eigenvalue weighted by Gasteiger charge is 2.51. The highest BCUT2D eigenvalue weighted by molar-refractivity contribution is 7.92. The number of rotatable bonds is 11. The maximum Gasteiger partial charge on any atom is 0.333 e. The number of sulfonamides is 1. The van der Waals surface area contributed by atoms with Crippen LogP contribution in [0.5, 0.6) is 0 Å². The van der Waals surface area contributed by atoms with Crippen molar-refractivity contribution >= 4 is 15.7 Å². The Morgan fingerprint density at radius 3 is 2.40 bits per heavy atom. The summed E-state index contributed by atoms with van der Waals surface area (Å²) in [7, 11) is -3.76. The minimum atomic E-state index is -3.76. The Kier molecular flexibility index (Phi) is 8.69. The van der Waals surface area contributed by atoms with E-state index in [4.69, 9.17) is 18.9 Å². The van der Waals surface area contributed by atoms with Crippen molar-refractivity contribution in [1.82, 2.24) is 9.13 Å². The second kappa shape index (κ2) is 12.9. The minimum absolute atomic E-state index is 0.0525. The van der Waals surface area contributed by atoms with Gasteiger partial charge in [-0.3, -0.25) is 18.2 Å². The molecule has 12 heteroatoms. The molecule has 250 valence electrons. The molecule has 0 radical (unpaired) electrons. The Balaban J connectivity index is 1.01. The van der Waals surface area contributed by atoms with E-state index in [1.165, 1.54) is 25.7 Å². The van der Waals surface area contributed by atoms with Crippen LogP contribution in [0.1, 0.15) is 30.7 Å². The molecule has 11 nitrogen and oxygen atoms in total. The normalized spacial score (nSPS) is 24.8. The third kappa shape index (κ3) is 5.95. The Labute approximate surface area is 278 Å². The van der Waals surface area contributed by atoms with Crippen molar-refractivity contribution in [3.8, 4) is 0 Å². The second-order valence-corrected chi connectivity index (χ2v) is 14.6. The molecule has 2 fully saturated rings. The third-order valence-corrected chi connectivity index (χ3v) is 11.0. The molecule has 1 aromatic heterocycles. The number of aromatic nitrogens is 2. The van der Waals surface area contributed by atoms with E-state index in [9.17, 15) is 18.0 Å². The summed E-state index contributed by atoms with van der Waals surface area (Å²) in [4.78, 5) is 26.4. The van der Waals surface area contributed by atoms with E-state index in [1.807, 2.05) is 61.5 Å². The van der Waals surface area contributed by atoms with Gasteiger partial charge in [0, 0.05) is 24.2 Å². The van der Waals surface area contributed by atoms with Crippen LogP contribution in [-0.4, -0.2) is 62.4 Å². The number of ether oxygens (including phenoxy) is 4. The summed E-state index contributed by atoms with van der Waals surface area (Å²) in [5, 5.41) is 0. The quantitative estimate of drug-likeness (QED) is 0.221. The van der Waals surface area contributed by atoms with Crippen LogP contribution in [0.2, 0.25) is 0 Å². The van der Waals surface area contributed by atoms with Crippen molar-refractivity contribution in [1.29, 1.82) is 0 Å². The van der Waals surface area contributed by atoms with Gasteiger partial charge in [-0.05, 0) is 35.7 Å². The zero-order valence-electron chi connectivity index (χ0n) is 26.5. The number of nitrogens with zero attached hydrogens (tertiary/aromatic N) is 3. The van der Waals surface area contributed by atoms with E-state index < -0.39 is 51.2 Å². The van der Waals surface area contributed by atoms with Crippen molar-refractivity contribution < 1.29 is 27.4 Å². The first-order valence-electron chi connectivity index (χ1n) is 15.8. The third-order valence-electron chi connectivity index (χ3n) is 9.23. The van der Waals surface area contributed by atoms with Gasteiger partial charge in [-0.1, -0.05) is 85.8 Å². The summed E-state index contributed by atoms with van der Waals surface area (Å²) in [5.41, 5.74) is 1.79. The number of hydrogen-bond acceptors (Lipinski definition) is 8. The summed E-state index contributed by atoms with van der Waals surface area (Å²) < 4.78 is 55.4. The van der Waals surface area contributed by atoms with Crippen LogP contribution in [0.4, 0.5) is 5.69 Å². The van der Waals surface area contributed by atoms with E-state index >= 15 is 0 Å². The fourth-order valence-electron chi connectivity index (χ4n) is 6.97. The molecule has 1 unspecified atom stereocenters. The SMILES string of the molecule is C=C(COC[C@@H]1O[C@H](n2ccc(=O)n(Cc3ccccc3)c2=O)[C@H]2OCO[C@H]21)CC1(C)CN(S(=O)(=O)c2ccccc2)c2ccccc21. The fourth-order valence-corrected chi connectivity index (χ4v) is 8.60. The van der Waals surface area contributed by atoms with Crippen LogP contribution in [-0.2, 0) is 40.9 Å². The predicted molar refractivity (Wildman–Crippen MR) is 178 cm³/mol. The zero-order chi connectivity index (χ0) is 33.5. The Morgan fingerprint density at radius 2 is 1.62 bits per heavy atom. The first-order chi connectivity index (χ1) is 23.2. The van der Waals surface area contributed by atoms with Gasteiger partial charge in [-0.15, -0.1) is 0 Å². The molecule has 7 rings (SSSR count). The summed E-state index contributed by atoms with van der Waals surface area (Å²) in [6.45, 7) is 7.14. The lowest BCUT2D eigenvalue weighted by Crippen LogP contribution is -2.43. The van der Waals surface area contributed by atoms with Gasteiger partial charge >= 0.3 is 5.69 Å². The number of anilines is 1. The van der Waals surface area contributed by atoms with Crippen LogP contribution < -0.4 is 15.6 Å². The van der Waals surface area contributed by atoms with E-state index in [0.717, 1.165) is 16.7 Å². The molecule has 4 aromatic rings. The molecule has 0 bridgehead atoms. The van der Waals surface area contributed by atoms with Crippen molar-refractivity contribution in [3.05, 3.63) is 141 Å². The topological polar surface area (TPSA) is 118 Å². The van der Waals surface area contributed by atoms with Crippen LogP contribution >= 0.6 is 0 Å². The Morgan fingerprint density at radius 1 is 0.938 bits per heavy atom. The van der Waals surface area contributed by atoms with E-state index in [0.29, 0.717) is 12.1 Å². The zero-order valence-corrected chi connectivity index (χ0v) is 27.3. The average molecular weight is 672 g/mol. The maximum absolute atomic E-state index is 13.7. The monoisotopic (exact) mass is 671 g/mol. The Hall–Kier alpha value is -4.33. The molecule has 3 aliphatic heterocycles.